The highest BCUT2D eigenvalue weighted by atomic mass is 31.2. The Morgan fingerprint density at radius 2 is 1.51 bits per heavy atom. The highest BCUT2D eigenvalue weighted by Crippen LogP contribution is 2.48. The number of fused-ring (bicyclic) bond motifs is 1. The Hall–Kier alpha value is -2.14. The molecule has 0 radical (unpaired) electrons. The topological polar surface area (TPSA) is 195 Å². The van der Waals surface area contributed by atoms with Gasteiger partial charge in [0.2, 0.25) is 5.60 Å². The zero-order chi connectivity index (χ0) is 39.4. The van der Waals surface area contributed by atoms with Crippen LogP contribution in [0.4, 0.5) is 5.82 Å². The van der Waals surface area contributed by atoms with Crippen molar-refractivity contribution in [2.75, 3.05) is 25.6 Å². The number of aliphatic hydroxyl groups is 2. The van der Waals surface area contributed by atoms with Crippen LogP contribution in [-0.4, -0.2) is 73.4 Å². The summed E-state index contributed by atoms with van der Waals surface area (Å²) in [4.78, 5) is 14.6. The number of nitriles is 1. The van der Waals surface area contributed by atoms with Gasteiger partial charge in [-0.3, -0.25) is 9.05 Å². The number of hydrogen-bond donors (Lipinski definition) is 4. The molecular formula is C41H70N5O8P. The van der Waals surface area contributed by atoms with Crippen LogP contribution in [0.25, 0.3) is 5.52 Å². The lowest BCUT2D eigenvalue weighted by Crippen LogP contribution is -2.45. The summed E-state index contributed by atoms with van der Waals surface area (Å²) < 4.78 is 37.3. The van der Waals surface area contributed by atoms with Gasteiger partial charge < -0.3 is 30.3 Å². The molecule has 0 amide bonds. The predicted octanol–water partition coefficient (Wildman–Crippen LogP) is 8.90. The van der Waals surface area contributed by atoms with Gasteiger partial charge in [0.1, 0.15) is 42.8 Å². The third-order valence-electron chi connectivity index (χ3n) is 11.5. The van der Waals surface area contributed by atoms with Crippen LogP contribution >= 0.6 is 7.82 Å². The van der Waals surface area contributed by atoms with E-state index in [0.717, 1.165) is 32.1 Å². The number of ether oxygens (including phenoxy) is 2. The minimum Gasteiger partial charge on any atom is -0.387 e. The molecular weight excluding hydrogens is 721 g/mol. The van der Waals surface area contributed by atoms with Crippen molar-refractivity contribution in [1.29, 1.82) is 5.26 Å². The molecule has 1 saturated heterocycles. The van der Waals surface area contributed by atoms with E-state index in [1.54, 1.807) is 12.1 Å². The van der Waals surface area contributed by atoms with Gasteiger partial charge in [0.05, 0.1) is 18.4 Å². The van der Waals surface area contributed by atoms with Gasteiger partial charge in [-0.2, -0.15) is 10.4 Å². The summed E-state index contributed by atoms with van der Waals surface area (Å²) in [6.07, 6.45) is 26.4. The van der Waals surface area contributed by atoms with Crippen molar-refractivity contribution in [1.82, 2.24) is 14.6 Å². The highest BCUT2D eigenvalue weighted by Gasteiger charge is 2.57. The quantitative estimate of drug-likeness (QED) is 0.0452. The normalized spacial score (nSPS) is 23.6. The first-order chi connectivity index (χ1) is 26.7. The predicted molar refractivity (Wildman–Crippen MR) is 213 cm³/mol. The first-order valence-corrected chi connectivity index (χ1v) is 23.0. The van der Waals surface area contributed by atoms with Crippen LogP contribution in [0, 0.1) is 17.2 Å². The zero-order valence-corrected chi connectivity index (χ0v) is 34.3. The summed E-state index contributed by atoms with van der Waals surface area (Å²) in [5, 5.41) is 36.0. The van der Waals surface area contributed by atoms with E-state index in [2.05, 4.69) is 17.0 Å². The number of aliphatic hydroxyl groups excluding tert-OH is 2. The van der Waals surface area contributed by atoms with Crippen molar-refractivity contribution in [3.8, 4) is 6.07 Å². The summed E-state index contributed by atoms with van der Waals surface area (Å²) in [5.74, 6) is 0.675. The number of anilines is 1. The lowest BCUT2D eigenvalue weighted by atomic mass is 9.90. The Labute approximate surface area is 329 Å². The van der Waals surface area contributed by atoms with Gasteiger partial charge in [-0.25, -0.2) is 14.1 Å². The molecule has 5 N–H and O–H groups in total. The van der Waals surface area contributed by atoms with Crippen molar-refractivity contribution in [2.24, 2.45) is 5.92 Å². The standard InChI is InChI=1S/C41H70N5O8P/c1-2-3-4-5-6-7-8-9-10-11-12-13-14-15-16-17-18-22-25-34(51-28-33-23-20-19-21-24-33)29-52-55(49,50)53-31-41(30-42)39(48)37(47)38(54-41)35-26-27-36-40(43)44-32-45-46(35)36/h26-27,32-34,37-39,47-48H,2-25,28-29,31H2,1H3,(H,49,50)(H2,43,44,45)/t34-,37+,38+,39+,41-/m1/s1. The second-order valence-electron chi connectivity index (χ2n) is 16.0. The molecule has 14 heteroatoms. The zero-order valence-electron chi connectivity index (χ0n) is 33.4. The SMILES string of the molecule is CCCCCCCCCCCCCCCCCCCC[C@H](COP(=O)(O)OC[C@@]1(C#N)O[C@@H](c2ccc3c(N)ncnn23)[C@H](O)[C@@H]1O)OCC1CCCCC1. The largest absolute Gasteiger partial charge is 0.472 e. The van der Waals surface area contributed by atoms with Crippen molar-refractivity contribution in [2.45, 2.75) is 191 Å². The number of aromatic nitrogens is 3. The second kappa shape index (κ2) is 24.6. The van der Waals surface area contributed by atoms with Crippen LogP contribution in [0.2, 0.25) is 0 Å². The number of hydrogen-bond acceptors (Lipinski definition) is 11. The van der Waals surface area contributed by atoms with E-state index in [1.165, 1.54) is 126 Å². The number of unbranched alkanes of at least 4 members (excludes halogenated alkanes) is 17. The smallest absolute Gasteiger partial charge is 0.387 e. The first-order valence-electron chi connectivity index (χ1n) is 21.5. The molecule has 3 heterocycles. The number of phosphoric ester groups is 1. The molecule has 1 unspecified atom stereocenters. The summed E-state index contributed by atoms with van der Waals surface area (Å²) in [6, 6.07) is 5.05. The molecule has 13 nitrogen and oxygen atoms in total. The van der Waals surface area contributed by atoms with E-state index < -0.39 is 38.3 Å². The molecule has 6 atom stereocenters. The van der Waals surface area contributed by atoms with Gasteiger partial charge >= 0.3 is 7.82 Å². The van der Waals surface area contributed by atoms with Gasteiger partial charge in [-0.1, -0.05) is 142 Å². The van der Waals surface area contributed by atoms with Crippen LogP contribution in [0.5, 0.6) is 0 Å². The molecule has 2 aliphatic rings. The average Bonchev–Trinajstić information content (AvgIpc) is 3.73. The molecule has 2 aromatic rings. The molecule has 4 rings (SSSR count). The van der Waals surface area contributed by atoms with Gasteiger partial charge in [-0.15, -0.1) is 0 Å². The number of nitrogens with two attached hydrogens (primary N) is 1. The number of nitrogen functional groups attached to an aromatic ring is 1. The maximum atomic E-state index is 13.1. The summed E-state index contributed by atoms with van der Waals surface area (Å²) in [6.45, 7) is 1.89. The monoisotopic (exact) mass is 791 g/mol. The van der Waals surface area contributed by atoms with Crippen LogP contribution in [0.15, 0.2) is 18.5 Å². The minimum absolute atomic E-state index is 0.148. The second-order valence-corrected chi connectivity index (χ2v) is 17.4. The number of nitrogens with zero attached hydrogens (tertiary/aromatic N) is 4. The van der Waals surface area contributed by atoms with Gasteiger partial charge in [0.15, 0.2) is 5.82 Å². The lowest BCUT2D eigenvalue weighted by Gasteiger charge is -2.27. The molecule has 1 saturated carbocycles. The molecule has 1 aliphatic carbocycles. The van der Waals surface area contributed by atoms with Crippen LogP contribution in [-0.2, 0) is 23.1 Å². The maximum Gasteiger partial charge on any atom is 0.472 e. The van der Waals surface area contributed by atoms with Crippen molar-refractivity contribution in [3.63, 3.8) is 0 Å². The van der Waals surface area contributed by atoms with Crippen LogP contribution in [0.1, 0.15) is 173 Å². The molecule has 0 aromatic carbocycles. The number of phosphoric acid groups is 1. The molecule has 0 bridgehead atoms. The summed E-state index contributed by atoms with van der Waals surface area (Å²) >= 11 is 0. The fourth-order valence-electron chi connectivity index (χ4n) is 7.98. The van der Waals surface area contributed by atoms with Crippen molar-refractivity contribution in [3.05, 3.63) is 24.2 Å². The van der Waals surface area contributed by atoms with Crippen molar-refractivity contribution < 1.29 is 38.2 Å². The van der Waals surface area contributed by atoms with E-state index in [0.29, 0.717) is 30.2 Å². The maximum absolute atomic E-state index is 13.1. The van der Waals surface area contributed by atoms with E-state index in [1.807, 2.05) is 6.07 Å². The summed E-state index contributed by atoms with van der Waals surface area (Å²) in [5.41, 5.74) is 4.53. The number of rotatable bonds is 29. The molecule has 312 valence electrons. The summed E-state index contributed by atoms with van der Waals surface area (Å²) in [7, 11) is -4.71. The molecule has 55 heavy (non-hydrogen) atoms. The Morgan fingerprint density at radius 1 is 0.927 bits per heavy atom. The Bertz CT molecular complexity index is 1450. The Morgan fingerprint density at radius 3 is 2.09 bits per heavy atom. The lowest BCUT2D eigenvalue weighted by molar-refractivity contribution is -0.0765. The van der Waals surface area contributed by atoms with E-state index in [4.69, 9.17) is 24.3 Å². The van der Waals surface area contributed by atoms with E-state index >= 15 is 0 Å². The molecule has 2 fully saturated rings. The molecule has 0 spiro atoms. The van der Waals surface area contributed by atoms with Crippen LogP contribution < -0.4 is 5.73 Å². The minimum atomic E-state index is -4.71. The van der Waals surface area contributed by atoms with Crippen molar-refractivity contribution >= 4 is 19.2 Å². The molecule has 2 aromatic heterocycles. The third-order valence-corrected chi connectivity index (χ3v) is 12.4. The van der Waals surface area contributed by atoms with Crippen LogP contribution in [0.3, 0.4) is 0 Å². The van der Waals surface area contributed by atoms with Gasteiger partial charge in [-0.05, 0) is 37.3 Å². The van der Waals surface area contributed by atoms with E-state index in [-0.39, 0.29) is 18.5 Å². The molecule has 1 aliphatic heterocycles. The first kappa shape index (κ1) is 45.6. The van der Waals surface area contributed by atoms with Gasteiger partial charge in [0.25, 0.3) is 0 Å². The van der Waals surface area contributed by atoms with Gasteiger partial charge in [0, 0.05) is 6.61 Å². The van der Waals surface area contributed by atoms with E-state index in [9.17, 15) is 24.9 Å². The highest BCUT2D eigenvalue weighted by molar-refractivity contribution is 7.47. The Kier molecular flexibility index (Phi) is 20.4. The Balaban J connectivity index is 1.15. The fraction of sp³-hybridized carbons (Fsp3) is 0.829. The average molecular weight is 792 g/mol. The third kappa shape index (κ3) is 15.0. The fourth-order valence-corrected chi connectivity index (χ4v) is 8.77.